The second-order valence-corrected chi connectivity index (χ2v) is 7.67. The molecule has 0 aliphatic carbocycles. The lowest BCUT2D eigenvalue weighted by Crippen LogP contribution is -2.36. The molecule has 0 radical (unpaired) electrons. The Bertz CT molecular complexity index is 521. The van der Waals surface area contributed by atoms with Crippen molar-refractivity contribution in [3.05, 3.63) is 30.1 Å². The highest BCUT2D eigenvalue weighted by atomic mass is 16.5. The SMILES string of the molecule is c1cc(CN2C[C@@H]3COC[C@]3(COCC3CCOCC3)C2)ccn1. The Balaban J connectivity index is 1.31. The molecule has 0 aromatic carbocycles. The van der Waals surface area contributed by atoms with E-state index in [1.165, 1.54) is 5.56 Å². The number of fused-ring (bicyclic) bond motifs is 1. The monoisotopic (exact) mass is 332 g/mol. The first-order valence-corrected chi connectivity index (χ1v) is 9.19. The molecule has 0 unspecified atom stereocenters. The molecular weight excluding hydrogens is 304 g/mol. The summed E-state index contributed by atoms with van der Waals surface area (Å²) in [6.07, 6.45) is 6.03. The van der Waals surface area contributed by atoms with E-state index in [1.807, 2.05) is 12.4 Å². The van der Waals surface area contributed by atoms with Crippen LogP contribution in [0.25, 0.3) is 0 Å². The van der Waals surface area contributed by atoms with Crippen molar-refractivity contribution >= 4 is 0 Å². The van der Waals surface area contributed by atoms with E-state index in [-0.39, 0.29) is 5.41 Å². The number of ether oxygens (including phenoxy) is 3. The highest BCUT2D eigenvalue weighted by Crippen LogP contribution is 2.42. The molecule has 5 nitrogen and oxygen atoms in total. The van der Waals surface area contributed by atoms with Crippen molar-refractivity contribution in [3.8, 4) is 0 Å². The van der Waals surface area contributed by atoms with Crippen molar-refractivity contribution < 1.29 is 14.2 Å². The molecule has 0 spiro atoms. The predicted molar refractivity (Wildman–Crippen MR) is 90.6 cm³/mol. The van der Waals surface area contributed by atoms with Crippen LogP contribution in [0.5, 0.6) is 0 Å². The van der Waals surface area contributed by atoms with Crippen molar-refractivity contribution in [1.29, 1.82) is 0 Å². The lowest BCUT2D eigenvalue weighted by atomic mass is 9.82. The first kappa shape index (κ1) is 16.5. The molecule has 132 valence electrons. The second-order valence-electron chi connectivity index (χ2n) is 7.67. The molecule has 4 heterocycles. The minimum atomic E-state index is 0.193. The van der Waals surface area contributed by atoms with Crippen LogP contribution in [0.3, 0.4) is 0 Å². The first-order chi connectivity index (χ1) is 11.8. The van der Waals surface area contributed by atoms with Crippen molar-refractivity contribution in [2.75, 3.05) is 52.7 Å². The zero-order chi connectivity index (χ0) is 16.2. The molecule has 5 heteroatoms. The number of pyridine rings is 1. The van der Waals surface area contributed by atoms with Gasteiger partial charge in [0.25, 0.3) is 0 Å². The summed E-state index contributed by atoms with van der Waals surface area (Å²) in [6.45, 7) is 8.42. The fourth-order valence-corrected chi connectivity index (χ4v) is 4.36. The minimum absolute atomic E-state index is 0.193. The molecule has 3 fully saturated rings. The third-order valence-corrected chi connectivity index (χ3v) is 5.83. The number of nitrogens with zero attached hydrogens (tertiary/aromatic N) is 2. The Morgan fingerprint density at radius 2 is 2.04 bits per heavy atom. The normalized spacial score (nSPS) is 31.4. The van der Waals surface area contributed by atoms with Crippen LogP contribution in [0, 0.1) is 17.3 Å². The molecule has 3 aliphatic heterocycles. The molecule has 3 saturated heterocycles. The van der Waals surface area contributed by atoms with Crippen LogP contribution in [-0.4, -0.2) is 62.6 Å². The summed E-state index contributed by atoms with van der Waals surface area (Å²) in [7, 11) is 0. The molecular formula is C19H28N2O3. The highest BCUT2D eigenvalue weighted by molar-refractivity contribution is 5.11. The Morgan fingerprint density at radius 1 is 1.21 bits per heavy atom. The van der Waals surface area contributed by atoms with E-state index in [9.17, 15) is 0 Å². The highest BCUT2D eigenvalue weighted by Gasteiger charge is 2.50. The topological polar surface area (TPSA) is 43.8 Å². The quantitative estimate of drug-likeness (QED) is 0.797. The maximum Gasteiger partial charge on any atom is 0.0561 e. The molecule has 4 rings (SSSR count). The number of aromatic nitrogens is 1. The summed E-state index contributed by atoms with van der Waals surface area (Å²) >= 11 is 0. The van der Waals surface area contributed by atoms with E-state index < -0.39 is 0 Å². The van der Waals surface area contributed by atoms with Gasteiger partial charge in [-0.3, -0.25) is 9.88 Å². The van der Waals surface area contributed by atoms with Gasteiger partial charge in [0.2, 0.25) is 0 Å². The van der Waals surface area contributed by atoms with E-state index in [4.69, 9.17) is 14.2 Å². The second kappa shape index (κ2) is 7.48. The predicted octanol–water partition coefficient (Wildman–Crippen LogP) is 1.97. The van der Waals surface area contributed by atoms with Gasteiger partial charge in [0, 0.05) is 63.2 Å². The van der Waals surface area contributed by atoms with E-state index in [2.05, 4.69) is 22.0 Å². The fraction of sp³-hybridized carbons (Fsp3) is 0.737. The molecule has 2 atom stereocenters. The first-order valence-electron chi connectivity index (χ1n) is 9.19. The summed E-state index contributed by atoms with van der Waals surface area (Å²) in [5.41, 5.74) is 1.53. The zero-order valence-corrected chi connectivity index (χ0v) is 14.4. The van der Waals surface area contributed by atoms with Crippen molar-refractivity contribution in [1.82, 2.24) is 9.88 Å². The Morgan fingerprint density at radius 3 is 2.88 bits per heavy atom. The average Bonchev–Trinajstić information content (AvgIpc) is 3.13. The summed E-state index contributed by atoms with van der Waals surface area (Å²) in [4.78, 5) is 6.66. The van der Waals surface area contributed by atoms with Gasteiger partial charge in [-0.25, -0.2) is 0 Å². The van der Waals surface area contributed by atoms with Crippen molar-refractivity contribution in [2.45, 2.75) is 19.4 Å². The van der Waals surface area contributed by atoms with Gasteiger partial charge in [-0.05, 0) is 36.5 Å². The van der Waals surface area contributed by atoms with Crippen LogP contribution in [0.1, 0.15) is 18.4 Å². The molecule has 0 amide bonds. The van der Waals surface area contributed by atoms with Crippen LogP contribution in [0.4, 0.5) is 0 Å². The lowest BCUT2D eigenvalue weighted by Gasteiger charge is -2.29. The molecule has 3 aliphatic rings. The van der Waals surface area contributed by atoms with Crippen molar-refractivity contribution in [3.63, 3.8) is 0 Å². The average molecular weight is 332 g/mol. The minimum Gasteiger partial charge on any atom is -0.381 e. The number of hydrogen-bond donors (Lipinski definition) is 0. The fourth-order valence-electron chi connectivity index (χ4n) is 4.36. The van der Waals surface area contributed by atoms with Gasteiger partial charge < -0.3 is 14.2 Å². The van der Waals surface area contributed by atoms with Gasteiger partial charge in [0.1, 0.15) is 0 Å². The zero-order valence-electron chi connectivity index (χ0n) is 14.4. The van der Waals surface area contributed by atoms with Crippen LogP contribution in [0.15, 0.2) is 24.5 Å². The van der Waals surface area contributed by atoms with E-state index in [0.29, 0.717) is 11.8 Å². The summed E-state index contributed by atoms with van der Waals surface area (Å²) in [6, 6.07) is 4.22. The van der Waals surface area contributed by atoms with Gasteiger partial charge in [-0.2, -0.15) is 0 Å². The Hall–Kier alpha value is -1.01. The van der Waals surface area contributed by atoms with Crippen molar-refractivity contribution in [2.24, 2.45) is 17.3 Å². The third kappa shape index (κ3) is 3.64. The van der Waals surface area contributed by atoms with E-state index >= 15 is 0 Å². The largest absolute Gasteiger partial charge is 0.381 e. The maximum atomic E-state index is 6.19. The Labute approximate surface area is 144 Å². The van der Waals surface area contributed by atoms with Gasteiger partial charge in [0.15, 0.2) is 0 Å². The summed E-state index contributed by atoms with van der Waals surface area (Å²) < 4.78 is 17.4. The third-order valence-electron chi connectivity index (χ3n) is 5.83. The van der Waals surface area contributed by atoms with Crippen LogP contribution in [-0.2, 0) is 20.8 Å². The smallest absolute Gasteiger partial charge is 0.0561 e. The number of rotatable bonds is 6. The lowest BCUT2D eigenvalue weighted by molar-refractivity contribution is -0.0157. The summed E-state index contributed by atoms with van der Waals surface area (Å²) in [5, 5.41) is 0. The molecule has 1 aromatic rings. The standard InChI is InChI=1S/C19H28N2O3/c1-5-20-6-2-16(1)9-21-10-18-12-24-15-19(18,13-21)14-23-11-17-3-7-22-8-4-17/h1-2,5-6,17-18H,3-4,7-15H2/t18-,19-/m1/s1. The number of hydrogen-bond acceptors (Lipinski definition) is 5. The van der Waals surface area contributed by atoms with E-state index in [1.54, 1.807) is 0 Å². The molecule has 24 heavy (non-hydrogen) atoms. The molecule has 0 saturated carbocycles. The number of likely N-dealkylation sites (tertiary alicyclic amines) is 1. The molecule has 0 bridgehead atoms. The summed E-state index contributed by atoms with van der Waals surface area (Å²) in [5.74, 6) is 1.28. The molecule has 1 aromatic heterocycles. The van der Waals surface area contributed by atoms with Gasteiger partial charge in [-0.1, -0.05) is 0 Å². The molecule has 0 N–H and O–H groups in total. The van der Waals surface area contributed by atoms with Gasteiger partial charge in [0.05, 0.1) is 19.8 Å². The van der Waals surface area contributed by atoms with E-state index in [0.717, 1.165) is 72.1 Å². The maximum absolute atomic E-state index is 6.19. The van der Waals surface area contributed by atoms with Gasteiger partial charge >= 0.3 is 0 Å². The van der Waals surface area contributed by atoms with Gasteiger partial charge in [-0.15, -0.1) is 0 Å². The van der Waals surface area contributed by atoms with Crippen LogP contribution in [0.2, 0.25) is 0 Å². The van der Waals surface area contributed by atoms with Crippen LogP contribution >= 0.6 is 0 Å². The Kier molecular flexibility index (Phi) is 5.13. The van der Waals surface area contributed by atoms with Crippen LogP contribution < -0.4 is 0 Å².